The highest BCUT2D eigenvalue weighted by Gasteiger charge is 2.15. The molecule has 2 aromatic rings. The topological polar surface area (TPSA) is 59.6 Å². The highest BCUT2D eigenvalue weighted by atomic mass is 16.5. The zero-order valence-corrected chi connectivity index (χ0v) is 16.8. The molecule has 2 rings (SSSR count). The first-order chi connectivity index (χ1) is 12.8. The summed E-state index contributed by atoms with van der Waals surface area (Å²) in [5.74, 6) is 1.01. The average molecular weight is 370 g/mol. The molecule has 146 valence electrons. The second kappa shape index (κ2) is 9.42. The van der Waals surface area contributed by atoms with Crippen molar-refractivity contribution in [2.75, 3.05) is 13.7 Å². The van der Waals surface area contributed by atoms with E-state index in [2.05, 4.69) is 29.7 Å². The van der Waals surface area contributed by atoms with Crippen LogP contribution < -0.4 is 20.1 Å². The van der Waals surface area contributed by atoms with Crippen LogP contribution in [0.2, 0.25) is 0 Å². The van der Waals surface area contributed by atoms with Crippen LogP contribution in [0.3, 0.4) is 0 Å². The number of methoxy groups -OCH3 is 1. The number of rotatable bonds is 8. The predicted octanol–water partition coefficient (Wildman–Crippen LogP) is 3.84. The van der Waals surface area contributed by atoms with E-state index in [1.54, 1.807) is 7.11 Å². The summed E-state index contributed by atoms with van der Waals surface area (Å²) in [4.78, 5) is 11.9. The molecule has 5 heteroatoms. The van der Waals surface area contributed by atoms with E-state index in [1.807, 2.05) is 57.2 Å². The Morgan fingerprint density at radius 2 is 1.78 bits per heavy atom. The lowest BCUT2D eigenvalue weighted by atomic mass is 10.1. The van der Waals surface area contributed by atoms with Gasteiger partial charge in [-0.2, -0.15) is 0 Å². The van der Waals surface area contributed by atoms with Gasteiger partial charge < -0.3 is 20.1 Å². The number of hydrogen-bond acceptors (Lipinski definition) is 4. The second-order valence-electron chi connectivity index (χ2n) is 7.59. The highest BCUT2D eigenvalue weighted by molar-refractivity contribution is 5.78. The van der Waals surface area contributed by atoms with Gasteiger partial charge in [0.25, 0.3) is 5.91 Å². The Labute approximate surface area is 162 Å². The molecule has 0 saturated carbocycles. The molecule has 1 amide bonds. The third kappa shape index (κ3) is 6.94. The summed E-state index contributed by atoms with van der Waals surface area (Å²) in [7, 11) is 1.60. The Bertz CT molecular complexity index is 739. The van der Waals surface area contributed by atoms with Crippen LogP contribution in [0, 0.1) is 0 Å². The number of benzene rings is 2. The monoisotopic (exact) mass is 370 g/mol. The van der Waals surface area contributed by atoms with Crippen molar-refractivity contribution in [1.82, 2.24) is 10.6 Å². The van der Waals surface area contributed by atoms with Crippen LogP contribution in [-0.2, 0) is 11.3 Å². The fraction of sp³-hybridized carbons (Fsp3) is 0.409. The molecule has 0 fully saturated rings. The van der Waals surface area contributed by atoms with Crippen LogP contribution in [-0.4, -0.2) is 25.2 Å². The largest absolute Gasteiger partial charge is 0.493 e. The van der Waals surface area contributed by atoms with E-state index < -0.39 is 0 Å². The summed E-state index contributed by atoms with van der Waals surface area (Å²) in [6.45, 7) is 8.60. The van der Waals surface area contributed by atoms with Crippen molar-refractivity contribution < 1.29 is 14.3 Å². The Kier molecular flexibility index (Phi) is 7.25. The van der Waals surface area contributed by atoms with Crippen molar-refractivity contribution in [3.05, 3.63) is 59.7 Å². The van der Waals surface area contributed by atoms with Gasteiger partial charge in [-0.05, 0) is 51.0 Å². The highest BCUT2D eigenvalue weighted by Crippen LogP contribution is 2.28. The molecular formula is C22H30N2O3. The number of hydrogen-bond donors (Lipinski definition) is 2. The normalized spacial score (nSPS) is 12.3. The first kappa shape index (κ1) is 20.8. The zero-order chi connectivity index (χ0) is 19.9. The third-order valence-corrected chi connectivity index (χ3v) is 4.01. The van der Waals surface area contributed by atoms with Crippen LogP contribution in [0.15, 0.2) is 48.5 Å². The molecule has 5 nitrogen and oxygen atoms in total. The quantitative estimate of drug-likeness (QED) is 0.741. The van der Waals surface area contributed by atoms with E-state index in [9.17, 15) is 4.79 Å². The van der Waals surface area contributed by atoms with Gasteiger partial charge in [0.15, 0.2) is 18.1 Å². The molecule has 0 aliphatic heterocycles. The number of ether oxygens (including phenoxy) is 2. The molecule has 27 heavy (non-hydrogen) atoms. The van der Waals surface area contributed by atoms with Crippen LogP contribution in [0.4, 0.5) is 0 Å². The van der Waals surface area contributed by atoms with Crippen LogP contribution in [0.1, 0.15) is 44.9 Å². The minimum atomic E-state index is -0.282. The van der Waals surface area contributed by atoms with Crippen LogP contribution >= 0.6 is 0 Å². The first-order valence-corrected chi connectivity index (χ1v) is 9.17. The molecule has 0 spiro atoms. The molecule has 0 bridgehead atoms. The molecule has 0 saturated heterocycles. The summed E-state index contributed by atoms with van der Waals surface area (Å²) in [5, 5.41) is 6.37. The average Bonchev–Trinajstić information content (AvgIpc) is 2.64. The van der Waals surface area contributed by atoms with Crippen molar-refractivity contribution in [3.63, 3.8) is 0 Å². The number of carbonyl (C=O) groups excluding carboxylic acids is 1. The molecule has 0 heterocycles. The summed E-state index contributed by atoms with van der Waals surface area (Å²) in [6, 6.07) is 16.3. The molecular weight excluding hydrogens is 340 g/mol. The fourth-order valence-electron chi connectivity index (χ4n) is 2.67. The summed E-state index contributed by atoms with van der Waals surface area (Å²) in [5.41, 5.74) is 2.05. The summed E-state index contributed by atoms with van der Waals surface area (Å²) >= 11 is 0. The number of amides is 1. The van der Waals surface area contributed by atoms with Gasteiger partial charge in [-0.25, -0.2) is 0 Å². The first-order valence-electron chi connectivity index (χ1n) is 9.17. The molecule has 1 atom stereocenters. The van der Waals surface area contributed by atoms with Crippen LogP contribution in [0.5, 0.6) is 11.5 Å². The van der Waals surface area contributed by atoms with E-state index in [0.717, 1.165) is 5.56 Å². The van der Waals surface area contributed by atoms with Crippen molar-refractivity contribution in [2.24, 2.45) is 0 Å². The van der Waals surface area contributed by atoms with Crippen molar-refractivity contribution in [3.8, 4) is 11.5 Å². The molecule has 0 radical (unpaired) electrons. The van der Waals surface area contributed by atoms with Crippen molar-refractivity contribution in [2.45, 2.75) is 45.8 Å². The maximum atomic E-state index is 11.9. The van der Waals surface area contributed by atoms with Gasteiger partial charge in [0.1, 0.15) is 0 Å². The van der Waals surface area contributed by atoms with Crippen LogP contribution in [0.25, 0.3) is 0 Å². The van der Waals surface area contributed by atoms with E-state index in [0.29, 0.717) is 18.0 Å². The molecule has 2 N–H and O–H groups in total. The number of carbonyl (C=O) groups is 1. The van der Waals surface area contributed by atoms with Crippen molar-refractivity contribution in [1.29, 1.82) is 0 Å². The molecule has 0 aliphatic carbocycles. The van der Waals surface area contributed by atoms with Gasteiger partial charge in [0.2, 0.25) is 0 Å². The summed E-state index contributed by atoms with van der Waals surface area (Å²) in [6.07, 6.45) is 0. The minimum Gasteiger partial charge on any atom is -0.493 e. The second-order valence-corrected chi connectivity index (χ2v) is 7.59. The summed E-state index contributed by atoms with van der Waals surface area (Å²) < 4.78 is 11.1. The maximum absolute atomic E-state index is 11.9. The molecule has 2 aromatic carbocycles. The fourth-order valence-corrected chi connectivity index (χ4v) is 2.67. The van der Waals surface area contributed by atoms with E-state index in [-0.39, 0.29) is 24.1 Å². The Hall–Kier alpha value is -2.53. The van der Waals surface area contributed by atoms with E-state index in [1.165, 1.54) is 5.56 Å². The van der Waals surface area contributed by atoms with Gasteiger partial charge in [-0.3, -0.25) is 4.79 Å². The predicted molar refractivity (Wildman–Crippen MR) is 108 cm³/mol. The molecule has 0 aromatic heterocycles. The SMILES string of the molecule is COc1cc(CN[C@H](C)c2ccccc2)ccc1OCC(=O)NC(C)(C)C. The molecule has 0 aliphatic rings. The van der Waals surface area contributed by atoms with Gasteiger partial charge in [-0.15, -0.1) is 0 Å². The lowest BCUT2D eigenvalue weighted by Gasteiger charge is -2.21. The lowest BCUT2D eigenvalue weighted by molar-refractivity contribution is -0.124. The third-order valence-electron chi connectivity index (χ3n) is 4.01. The number of nitrogens with one attached hydrogen (secondary N) is 2. The smallest absolute Gasteiger partial charge is 0.258 e. The zero-order valence-electron chi connectivity index (χ0n) is 16.8. The van der Waals surface area contributed by atoms with Gasteiger partial charge in [0, 0.05) is 18.1 Å². The maximum Gasteiger partial charge on any atom is 0.258 e. The Balaban J connectivity index is 1.94. The van der Waals surface area contributed by atoms with Crippen molar-refractivity contribution >= 4 is 5.91 Å². The van der Waals surface area contributed by atoms with Gasteiger partial charge in [0.05, 0.1) is 7.11 Å². The Morgan fingerprint density at radius 3 is 2.41 bits per heavy atom. The standard InChI is InChI=1S/C22H30N2O3/c1-16(18-9-7-6-8-10-18)23-14-17-11-12-19(20(13-17)26-5)27-15-21(25)24-22(2,3)4/h6-13,16,23H,14-15H2,1-5H3,(H,24,25)/t16-/m1/s1. The lowest BCUT2D eigenvalue weighted by Crippen LogP contribution is -2.43. The Morgan fingerprint density at radius 1 is 1.07 bits per heavy atom. The molecule has 0 unspecified atom stereocenters. The van der Waals surface area contributed by atoms with Gasteiger partial charge >= 0.3 is 0 Å². The van der Waals surface area contributed by atoms with E-state index >= 15 is 0 Å². The minimum absolute atomic E-state index is 0.0454. The van der Waals surface area contributed by atoms with E-state index in [4.69, 9.17) is 9.47 Å². The van der Waals surface area contributed by atoms with Gasteiger partial charge in [-0.1, -0.05) is 36.4 Å².